The molecule has 0 aromatic rings. The summed E-state index contributed by atoms with van der Waals surface area (Å²) in [6, 6.07) is 0. The van der Waals surface area contributed by atoms with Crippen molar-refractivity contribution in [3.63, 3.8) is 0 Å². The summed E-state index contributed by atoms with van der Waals surface area (Å²) in [4.78, 5) is 27.6. The lowest BCUT2D eigenvalue weighted by atomic mass is 9.89. The van der Waals surface area contributed by atoms with Gasteiger partial charge < -0.3 is 5.32 Å². The van der Waals surface area contributed by atoms with Crippen LogP contribution in [0.5, 0.6) is 0 Å². The summed E-state index contributed by atoms with van der Waals surface area (Å²) < 4.78 is 0.833. The number of aliphatic imine (C=N–C) groups is 1. The van der Waals surface area contributed by atoms with Crippen molar-refractivity contribution >= 4 is 38.9 Å². The lowest BCUT2D eigenvalue weighted by Gasteiger charge is -2.26. The van der Waals surface area contributed by atoms with E-state index in [1.165, 1.54) is 0 Å². The highest BCUT2D eigenvalue weighted by Crippen LogP contribution is 2.27. The van der Waals surface area contributed by atoms with Gasteiger partial charge in [0.25, 0.3) is 0 Å². The highest BCUT2D eigenvalue weighted by Gasteiger charge is 2.26. The van der Waals surface area contributed by atoms with Gasteiger partial charge in [-0.3, -0.25) is 14.6 Å². The van der Waals surface area contributed by atoms with Crippen LogP contribution in [0.2, 0.25) is 0 Å². The molecule has 1 N–H and O–H groups in total. The van der Waals surface area contributed by atoms with E-state index in [9.17, 15) is 9.59 Å². The van der Waals surface area contributed by atoms with Gasteiger partial charge in [-0.1, -0.05) is 25.6 Å². The predicted octanol–water partition coefficient (Wildman–Crippen LogP) is 2.02. The monoisotopic (exact) mass is 284 g/mol. The fourth-order valence-electron chi connectivity index (χ4n) is 1.95. The summed E-state index contributed by atoms with van der Waals surface area (Å²) in [6.07, 6.45) is 2.34. The number of rotatable bonds is 1. The molecule has 0 bridgehead atoms. The fraction of sp³-hybridized carbons (Fsp3) is 0.583. The Morgan fingerprint density at radius 2 is 2.28 bits per heavy atom. The molecule has 1 saturated heterocycles. The smallest absolute Gasteiger partial charge is 0.226 e. The number of thioether (sulfide) groups is 2. The second-order valence-corrected chi connectivity index (χ2v) is 6.88. The third-order valence-corrected chi connectivity index (χ3v) is 4.96. The largest absolute Gasteiger partial charge is 0.329 e. The first-order chi connectivity index (χ1) is 8.56. The molecule has 1 fully saturated rings. The minimum Gasteiger partial charge on any atom is -0.329 e. The lowest BCUT2D eigenvalue weighted by Crippen LogP contribution is -2.38. The second-order valence-electron chi connectivity index (χ2n) is 4.54. The summed E-state index contributed by atoms with van der Waals surface area (Å²) in [5, 5.41) is 2.76. The zero-order chi connectivity index (χ0) is 13.1. The maximum Gasteiger partial charge on any atom is 0.226 e. The van der Waals surface area contributed by atoms with E-state index in [-0.39, 0.29) is 22.9 Å². The van der Waals surface area contributed by atoms with E-state index >= 15 is 0 Å². The predicted molar refractivity (Wildman–Crippen MR) is 76.5 cm³/mol. The summed E-state index contributed by atoms with van der Waals surface area (Å²) in [5.74, 6) is 1.21. The number of allylic oxidation sites excluding steroid dienone is 1. The second kappa shape index (κ2) is 5.93. The molecule has 2 aliphatic heterocycles. The van der Waals surface area contributed by atoms with Gasteiger partial charge in [-0.25, -0.2) is 0 Å². The van der Waals surface area contributed by atoms with Gasteiger partial charge in [0.05, 0.1) is 6.54 Å². The van der Waals surface area contributed by atoms with E-state index in [4.69, 9.17) is 0 Å². The standard InChI is InChI=1S/C12H16N2O2S2/c1-7-5-8(2)11(16)14-9(7)6-10(15)18-12-13-3-4-17-12/h6-8H,3-5H2,1-2H3,(H,14,16)/b9-6-/t7-,8-/m0/s1. The molecule has 0 spiro atoms. The molecule has 6 heteroatoms. The van der Waals surface area contributed by atoms with Gasteiger partial charge in [0, 0.05) is 23.4 Å². The highest BCUT2D eigenvalue weighted by molar-refractivity contribution is 8.45. The average molecular weight is 284 g/mol. The number of hydrogen-bond acceptors (Lipinski definition) is 5. The summed E-state index contributed by atoms with van der Waals surface area (Å²) in [6.45, 7) is 4.73. The van der Waals surface area contributed by atoms with E-state index in [1.807, 2.05) is 13.8 Å². The topological polar surface area (TPSA) is 58.5 Å². The van der Waals surface area contributed by atoms with E-state index < -0.39 is 0 Å². The molecule has 0 unspecified atom stereocenters. The van der Waals surface area contributed by atoms with Crippen molar-refractivity contribution in [1.29, 1.82) is 0 Å². The highest BCUT2D eigenvalue weighted by atomic mass is 32.2. The molecule has 98 valence electrons. The van der Waals surface area contributed by atoms with Crippen molar-refractivity contribution in [2.24, 2.45) is 16.8 Å². The van der Waals surface area contributed by atoms with E-state index in [1.54, 1.807) is 17.8 Å². The minimum atomic E-state index is -0.0557. The number of amides is 1. The number of piperidine rings is 1. The van der Waals surface area contributed by atoms with E-state index in [0.717, 1.165) is 40.6 Å². The Kier molecular flexibility index (Phi) is 4.50. The average Bonchev–Trinajstić information content (AvgIpc) is 2.78. The maximum atomic E-state index is 11.8. The van der Waals surface area contributed by atoms with E-state index in [0.29, 0.717) is 0 Å². The van der Waals surface area contributed by atoms with Gasteiger partial charge >= 0.3 is 0 Å². The van der Waals surface area contributed by atoms with Crippen LogP contribution in [0.1, 0.15) is 20.3 Å². The molecule has 2 aliphatic rings. The van der Waals surface area contributed by atoms with Crippen LogP contribution in [0.15, 0.2) is 16.8 Å². The Morgan fingerprint density at radius 1 is 1.50 bits per heavy atom. The molecule has 1 amide bonds. The molecular weight excluding hydrogens is 268 g/mol. The normalized spacial score (nSPS) is 30.2. The summed E-state index contributed by atoms with van der Waals surface area (Å²) in [7, 11) is 0. The van der Waals surface area contributed by atoms with Crippen molar-refractivity contribution in [3.8, 4) is 0 Å². The maximum absolute atomic E-state index is 11.8. The van der Waals surface area contributed by atoms with Crippen molar-refractivity contribution < 1.29 is 9.59 Å². The van der Waals surface area contributed by atoms with Crippen LogP contribution in [-0.4, -0.2) is 27.7 Å². The lowest BCUT2D eigenvalue weighted by molar-refractivity contribution is -0.125. The van der Waals surface area contributed by atoms with Crippen LogP contribution in [0.3, 0.4) is 0 Å². The van der Waals surface area contributed by atoms with Crippen LogP contribution in [0.25, 0.3) is 0 Å². The van der Waals surface area contributed by atoms with Gasteiger partial charge in [-0.2, -0.15) is 0 Å². The fourth-order valence-corrected chi connectivity index (χ4v) is 3.74. The number of nitrogens with zero attached hydrogens (tertiary/aromatic N) is 1. The molecule has 0 aliphatic carbocycles. The van der Waals surface area contributed by atoms with Gasteiger partial charge in [-0.05, 0) is 24.1 Å². The number of carbonyl (C=O) groups excluding carboxylic acids is 2. The number of carbonyl (C=O) groups is 2. The van der Waals surface area contributed by atoms with Gasteiger partial charge in [0.1, 0.15) is 4.38 Å². The zero-order valence-corrected chi connectivity index (χ0v) is 12.1. The first-order valence-corrected chi connectivity index (χ1v) is 7.78. The minimum absolute atomic E-state index is 0.00438. The van der Waals surface area contributed by atoms with Crippen molar-refractivity contribution in [2.45, 2.75) is 20.3 Å². The molecule has 0 radical (unpaired) electrons. The van der Waals surface area contributed by atoms with Crippen LogP contribution >= 0.6 is 23.5 Å². The quantitative estimate of drug-likeness (QED) is 0.749. The Morgan fingerprint density at radius 3 is 2.94 bits per heavy atom. The van der Waals surface area contributed by atoms with Crippen LogP contribution in [0.4, 0.5) is 0 Å². The number of nitrogens with one attached hydrogen (secondary N) is 1. The molecular formula is C12H16N2O2S2. The van der Waals surface area contributed by atoms with Gasteiger partial charge in [-0.15, -0.1) is 0 Å². The summed E-state index contributed by atoms with van der Waals surface area (Å²) >= 11 is 2.76. The third kappa shape index (κ3) is 3.38. The Bertz CT molecular complexity index is 432. The molecule has 0 aromatic carbocycles. The molecule has 2 heterocycles. The molecule has 2 atom stereocenters. The molecule has 0 aromatic heterocycles. The van der Waals surface area contributed by atoms with Crippen LogP contribution in [0, 0.1) is 11.8 Å². The molecule has 0 saturated carbocycles. The van der Waals surface area contributed by atoms with E-state index in [2.05, 4.69) is 10.3 Å². The van der Waals surface area contributed by atoms with Crippen LogP contribution in [-0.2, 0) is 9.59 Å². The van der Waals surface area contributed by atoms with Crippen molar-refractivity contribution in [1.82, 2.24) is 5.32 Å². The van der Waals surface area contributed by atoms with Gasteiger partial charge in [0.15, 0.2) is 0 Å². The Labute approximate surface area is 115 Å². The SMILES string of the molecule is C[C@H]1C[C@H](C)/C(=C/C(=O)SC2=NCCS2)NC1=O. The zero-order valence-electron chi connectivity index (χ0n) is 10.4. The summed E-state index contributed by atoms with van der Waals surface area (Å²) in [5.41, 5.74) is 0.735. The van der Waals surface area contributed by atoms with Crippen LogP contribution < -0.4 is 5.32 Å². The van der Waals surface area contributed by atoms with Gasteiger partial charge in [0.2, 0.25) is 11.0 Å². The first kappa shape index (κ1) is 13.7. The Balaban J connectivity index is 1.98. The van der Waals surface area contributed by atoms with Crippen molar-refractivity contribution in [3.05, 3.63) is 11.8 Å². The third-order valence-electron chi connectivity index (χ3n) is 2.97. The molecule has 18 heavy (non-hydrogen) atoms. The first-order valence-electron chi connectivity index (χ1n) is 5.98. The Hall–Kier alpha value is -0.750. The number of hydrogen-bond donors (Lipinski definition) is 1. The molecule has 2 rings (SSSR count). The van der Waals surface area contributed by atoms with Crippen molar-refractivity contribution in [2.75, 3.05) is 12.3 Å². The molecule has 4 nitrogen and oxygen atoms in total.